The Hall–Kier alpha value is -1.31. The molecule has 1 aliphatic rings. The molecule has 0 saturated heterocycles. The Balaban J connectivity index is 2.58. The third kappa shape index (κ3) is 2.58. The maximum Gasteiger partial charge on any atom is 0.0879 e. The van der Waals surface area contributed by atoms with E-state index in [0.717, 1.165) is 13.0 Å². The lowest BCUT2D eigenvalue weighted by atomic mass is 9.80. The van der Waals surface area contributed by atoms with Crippen LogP contribution < -0.4 is 0 Å². The predicted octanol–water partition coefficient (Wildman–Crippen LogP) is 4.34. The summed E-state index contributed by atoms with van der Waals surface area (Å²) in [6.45, 7) is 9.82. The van der Waals surface area contributed by atoms with Crippen molar-refractivity contribution < 1.29 is 4.74 Å². The Morgan fingerprint density at radius 1 is 1.28 bits per heavy atom. The van der Waals surface area contributed by atoms with Crippen LogP contribution in [0.5, 0.6) is 0 Å². The van der Waals surface area contributed by atoms with Crippen molar-refractivity contribution in [3.63, 3.8) is 0 Å². The van der Waals surface area contributed by atoms with Crippen LogP contribution in [0, 0.1) is 5.92 Å². The Labute approximate surface area is 110 Å². The van der Waals surface area contributed by atoms with Gasteiger partial charge in [-0.25, -0.2) is 0 Å². The summed E-state index contributed by atoms with van der Waals surface area (Å²) in [5.41, 5.74) is 3.95. The van der Waals surface area contributed by atoms with E-state index in [-0.39, 0.29) is 0 Å². The predicted molar refractivity (Wildman–Crippen MR) is 75.5 cm³/mol. The number of nitrogens with zero attached hydrogens (tertiary/aromatic N) is 1. The summed E-state index contributed by atoms with van der Waals surface area (Å²) in [6.07, 6.45) is 6.88. The second-order valence-electron chi connectivity index (χ2n) is 5.67. The number of aromatic nitrogens is 1. The number of ether oxygens (including phenoxy) is 1. The van der Waals surface area contributed by atoms with E-state index in [1.54, 1.807) is 0 Å². The number of hydrogen-bond donors (Lipinski definition) is 0. The van der Waals surface area contributed by atoms with Crippen molar-refractivity contribution in [1.82, 2.24) is 4.98 Å². The Kier molecular flexibility index (Phi) is 4.05. The molecule has 1 atom stereocenters. The largest absolute Gasteiger partial charge is 0.501 e. The van der Waals surface area contributed by atoms with E-state index in [1.807, 2.05) is 12.5 Å². The Morgan fingerprint density at radius 3 is 2.72 bits per heavy atom. The highest BCUT2D eigenvalue weighted by Gasteiger charge is 2.24. The molecule has 2 nitrogen and oxygen atoms in total. The summed E-state index contributed by atoms with van der Waals surface area (Å²) < 4.78 is 5.51. The lowest BCUT2D eigenvalue weighted by Gasteiger charge is -2.27. The van der Waals surface area contributed by atoms with Gasteiger partial charge in [0.15, 0.2) is 0 Å². The van der Waals surface area contributed by atoms with E-state index < -0.39 is 0 Å². The highest BCUT2D eigenvalue weighted by molar-refractivity contribution is 5.56. The van der Waals surface area contributed by atoms with Gasteiger partial charge in [-0.15, -0.1) is 0 Å². The van der Waals surface area contributed by atoms with Gasteiger partial charge in [-0.1, -0.05) is 27.7 Å². The summed E-state index contributed by atoms with van der Waals surface area (Å²) in [5, 5.41) is 0. The van der Waals surface area contributed by atoms with Gasteiger partial charge in [-0.3, -0.25) is 4.98 Å². The standard InChI is InChI=1S/C16H23NO/c1-11(2)14-7-10-18-9-6-13-5-8-17-16(12(3)4)15(13)14/h5-6,8-9,11-12,14H,7,10H2,1-4H3/b9-6-. The maximum absolute atomic E-state index is 5.51. The average Bonchev–Trinajstić information content (AvgIpc) is 2.28. The van der Waals surface area contributed by atoms with Crippen molar-refractivity contribution in [1.29, 1.82) is 0 Å². The van der Waals surface area contributed by atoms with Gasteiger partial charge in [0.1, 0.15) is 0 Å². The van der Waals surface area contributed by atoms with Crippen molar-refractivity contribution in [2.24, 2.45) is 5.92 Å². The molecule has 2 rings (SSSR count). The molecule has 2 heteroatoms. The van der Waals surface area contributed by atoms with Gasteiger partial charge in [-0.05, 0) is 47.4 Å². The van der Waals surface area contributed by atoms with Gasteiger partial charge in [0, 0.05) is 11.9 Å². The molecule has 0 aromatic carbocycles. The molecular weight excluding hydrogens is 222 g/mol. The second-order valence-corrected chi connectivity index (χ2v) is 5.67. The van der Waals surface area contributed by atoms with Gasteiger partial charge in [0.25, 0.3) is 0 Å². The fourth-order valence-electron chi connectivity index (χ4n) is 2.71. The maximum atomic E-state index is 5.51. The highest BCUT2D eigenvalue weighted by Crippen LogP contribution is 2.36. The topological polar surface area (TPSA) is 22.1 Å². The molecule has 0 bridgehead atoms. The van der Waals surface area contributed by atoms with Crippen molar-refractivity contribution in [2.45, 2.75) is 46.0 Å². The Morgan fingerprint density at radius 2 is 2.06 bits per heavy atom. The molecule has 0 amide bonds. The fourth-order valence-corrected chi connectivity index (χ4v) is 2.71. The molecule has 0 radical (unpaired) electrons. The van der Waals surface area contributed by atoms with Crippen molar-refractivity contribution in [3.8, 4) is 0 Å². The average molecular weight is 245 g/mol. The van der Waals surface area contributed by atoms with Crippen LogP contribution in [0.1, 0.15) is 62.8 Å². The van der Waals surface area contributed by atoms with Gasteiger partial charge in [-0.2, -0.15) is 0 Å². The minimum Gasteiger partial charge on any atom is -0.501 e. The van der Waals surface area contributed by atoms with Crippen LogP contribution >= 0.6 is 0 Å². The molecule has 18 heavy (non-hydrogen) atoms. The lowest BCUT2D eigenvalue weighted by molar-refractivity contribution is 0.225. The first-order valence-corrected chi connectivity index (χ1v) is 6.88. The summed E-state index contributed by atoms with van der Waals surface area (Å²) >= 11 is 0. The smallest absolute Gasteiger partial charge is 0.0879 e. The molecule has 98 valence electrons. The zero-order valence-electron chi connectivity index (χ0n) is 11.8. The lowest BCUT2D eigenvalue weighted by Crippen LogP contribution is -2.16. The molecule has 0 saturated carbocycles. The monoisotopic (exact) mass is 245 g/mol. The van der Waals surface area contributed by atoms with E-state index >= 15 is 0 Å². The van der Waals surface area contributed by atoms with Crippen molar-refractivity contribution in [2.75, 3.05) is 6.61 Å². The number of hydrogen-bond acceptors (Lipinski definition) is 2. The van der Waals surface area contributed by atoms with Crippen LogP contribution in [0.3, 0.4) is 0 Å². The van der Waals surface area contributed by atoms with E-state index in [1.165, 1.54) is 16.8 Å². The summed E-state index contributed by atoms with van der Waals surface area (Å²) in [5.74, 6) is 1.62. The first-order chi connectivity index (χ1) is 8.61. The van der Waals surface area contributed by atoms with Crippen LogP contribution in [0.2, 0.25) is 0 Å². The van der Waals surface area contributed by atoms with Crippen LogP contribution in [-0.4, -0.2) is 11.6 Å². The van der Waals surface area contributed by atoms with Gasteiger partial charge in [0.05, 0.1) is 12.9 Å². The number of fused-ring (bicyclic) bond motifs is 1. The molecule has 0 spiro atoms. The van der Waals surface area contributed by atoms with E-state index in [9.17, 15) is 0 Å². The normalized spacial score (nSPS) is 21.1. The van der Waals surface area contributed by atoms with E-state index in [4.69, 9.17) is 4.74 Å². The third-order valence-corrected chi connectivity index (χ3v) is 3.67. The molecule has 2 heterocycles. The number of pyridine rings is 1. The van der Waals surface area contributed by atoms with Crippen molar-refractivity contribution >= 4 is 6.08 Å². The highest BCUT2D eigenvalue weighted by atomic mass is 16.5. The van der Waals surface area contributed by atoms with Gasteiger partial charge in [0.2, 0.25) is 0 Å². The number of rotatable bonds is 2. The summed E-state index contributed by atoms with van der Waals surface area (Å²) in [7, 11) is 0. The van der Waals surface area contributed by atoms with Crippen LogP contribution in [0.15, 0.2) is 18.5 Å². The fraction of sp³-hybridized carbons (Fsp3) is 0.562. The van der Waals surface area contributed by atoms with Gasteiger partial charge < -0.3 is 4.74 Å². The minimum atomic E-state index is 0.468. The van der Waals surface area contributed by atoms with E-state index in [2.05, 4.69) is 44.8 Å². The molecule has 1 aromatic rings. The van der Waals surface area contributed by atoms with Crippen LogP contribution in [-0.2, 0) is 4.74 Å². The first kappa shape index (κ1) is 13.1. The van der Waals surface area contributed by atoms with Crippen LogP contribution in [0.25, 0.3) is 6.08 Å². The SMILES string of the molecule is CC(C)c1nccc2c1C(C(C)C)CCO/C=C\2. The van der Waals surface area contributed by atoms with Crippen LogP contribution in [0.4, 0.5) is 0 Å². The molecule has 1 unspecified atom stereocenters. The molecule has 0 N–H and O–H groups in total. The molecule has 1 aromatic heterocycles. The molecule has 0 aliphatic carbocycles. The van der Waals surface area contributed by atoms with Crippen molar-refractivity contribution in [3.05, 3.63) is 35.3 Å². The summed E-state index contributed by atoms with van der Waals surface area (Å²) in [6, 6.07) is 2.10. The third-order valence-electron chi connectivity index (χ3n) is 3.67. The molecular formula is C16H23NO. The molecule has 0 fully saturated rings. The van der Waals surface area contributed by atoms with E-state index in [0.29, 0.717) is 17.8 Å². The quantitative estimate of drug-likeness (QED) is 0.773. The second kappa shape index (κ2) is 5.55. The first-order valence-electron chi connectivity index (χ1n) is 6.88. The zero-order chi connectivity index (χ0) is 13.1. The zero-order valence-corrected chi connectivity index (χ0v) is 11.8. The van der Waals surface area contributed by atoms with Gasteiger partial charge >= 0.3 is 0 Å². The summed E-state index contributed by atoms with van der Waals surface area (Å²) in [4.78, 5) is 4.62. The Bertz CT molecular complexity index is 435. The minimum absolute atomic E-state index is 0.468. The molecule has 1 aliphatic heterocycles.